The summed E-state index contributed by atoms with van der Waals surface area (Å²) in [7, 11) is 0. The highest BCUT2D eigenvalue weighted by Gasteiger charge is 2.42. The van der Waals surface area contributed by atoms with Crippen LogP contribution in [0, 0.1) is 0 Å². The smallest absolute Gasteiger partial charge is 0.407 e. The number of benzene rings is 1. The van der Waals surface area contributed by atoms with Gasteiger partial charge in [-0.25, -0.2) is 9.59 Å². The van der Waals surface area contributed by atoms with Crippen LogP contribution in [0.25, 0.3) is 11.0 Å². The number of imide groups is 1. The molecular weight excluding hydrogens is 378 g/mol. The quantitative estimate of drug-likeness (QED) is 0.804. The summed E-state index contributed by atoms with van der Waals surface area (Å²) < 4.78 is 5.36. The maximum Gasteiger partial charge on any atom is 0.407 e. The van der Waals surface area contributed by atoms with E-state index in [0.29, 0.717) is 31.0 Å². The van der Waals surface area contributed by atoms with Gasteiger partial charge in [-0.1, -0.05) is 11.2 Å². The number of aromatic nitrogens is 1. The Hall–Kier alpha value is -3.14. The topological polar surface area (TPSA) is 119 Å². The third kappa shape index (κ3) is 3.09. The van der Waals surface area contributed by atoms with Crippen molar-refractivity contribution in [1.29, 1.82) is 0 Å². The number of urea groups is 1. The van der Waals surface area contributed by atoms with Gasteiger partial charge in [-0.15, -0.1) is 0 Å². The summed E-state index contributed by atoms with van der Waals surface area (Å²) in [6.07, 6.45) is 1.21. The number of carbonyl (C=O) groups excluding carboxylic acids is 2. The Labute approximate surface area is 166 Å². The van der Waals surface area contributed by atoms with E-state index in [1.807, 2.05) is 18.2 Å². The molecule has 1 aromatic carbocycles. The summed E-state index contributed by atoms with van der Waals surface area (Å²) in [6.45, 7) is 2.38. The highest BCUT2D eigenvalue weighted by atomic mass is 16.5. The Morgan fingerprint density at radius 2 is 2.00 bits per heavy atom. The van der Waals surface area contributed by atoms with E-state index in [1.165, 1.54) is 4.90 Å². The van der Waals surface area contributed by atoms with Crippen LogP contribution >= 0.6 is 0 Å². The minimum absolute atomic E-state index is 0.0516. The molecule has 4 heterocycles. The summed E-state index contributed by atoms with van der Waals surface area (Å²) in [5.74, 6) is 0.109. The number of piperazine rings is 1. The molecule has 152 valence electrons. The first-order valence-corrected chi connectivity index (χ1v) is 9.73. The van der Waals surface area contributed by atoms with Crippen molar-refractivity contribution in [2.75, 3.05) is 24.5 Å². The molecule has 2 bridgehead atoms. The van der Waals surface area contributed by atoms with Crippen molar-refractivity contribution >= 4 is 34.8 Å². The molecule has 5 rings (SSSR count). The van der Waals surface area contributed by atoms with Gasteiger partial charge >= 0.3 is 12.1 Å². The van der Waals surface area contributed by atoms with Gasteiger partial charge in [0.1, 0.15) is 0 Å². The second kappa shape index (κ2) is 6.73. The number of carbonyl (C=O) groups is 3. The summed E-state index contributed by atoms with van der Waals surface area (Å²) in [5, 5.41) is 16.5. The SMILES string of the molecule is O=C1CCN(c2noc3ccc(CN4C[C@H]5CC[C@@H](C4)N5C(=O)O)cc23)C(=O)N1. The van der Waals surface area contributed by atoms with Crippen molar-refractivity contribution in [3.05, 3.63) is 23.8 Å². The van der Waals surface area contributed by atoms with E-state index in [-0.39, 0.29) is 31.0 Å². The second-order valence-corrected chi connectivity index (χ2v) is 7.86. The van der Waals surface area contributed by atoms with Gasteiger partial charge in [0, 0.05) is 44.7 Å². The molecule has 4 amide bonds. The maximum absolute atomic E-state index is 12.2. The largest absolute Gasteiger partial charge is 0.465 e. The summed E-state index contributed by atoms with van der Waals surface area (Å²) in [6, 6.07) is 5.35. The molecule has 2 atom stereocenters. The lowest BCUT2D eigenvalue weighted by Gasteiger charge is -2.39. The van der Waals surface area contributed by atoms with Gasteiger partial charge in [0.25, 0.3) is 0 Å². The Kier molecular flexibility index (Phi) is 4.16. The van der Waals surface area contributed by atoms with Crippen LogP contribution in [-0.2, 0) is 11.3 Å². The highest BCUT2D eigenvalue weighted by Crippen LogP contribution is 2.32. The number of hydrogen-bond donors (Lipinski definition) is 2. The number of anilines is 1. The second-order valence-electron chi connectivity index (χ2n) is 7.86. The summed E-state index contributed by atoms with van der Waals surface area (Å²) >= 11 is 0. The van der Waals surface area contributed by atoms with E-state index in [9.17, 15) is 19.5 Å². The lowest BCUT2D eigenvalue weighted by Crippen LogP contribution is -2.55. The van der Waals surface area contributed by atoms with Crippen molar-refractivity contribution in [2.45, 2.75) is 37.9 Å². The predicted molar refractivity (Wildman–Crippen MR) is 101 cm³/mol. The zero-order valence-electron chi connectivity index (χ0n) is 15.7. The number of likely N-dealkylation sites (tertiary alicyclic amines) is 1. The molecule has 3 fully saturated rings. The zero-order chi connectivity index (χ0) is 20.1. The molecule has 0 radical (unpaired) electrons. The van der Waals surface area contributed by atoms with Gasteiger partial charge in [-0.05, 0) is 30.5 Å². The molecule has 2 N–H and O–H groups in total. The van der Waals surface area contributed by atoms with E-state index in [2.05, 4.69) is 15.4 Å². The van der Waals surface area contributed by atoms with Crippen molar-refractivity contribution in [1.82, 2.24) is 20.3 Å². The molecule has 3 aliphatic rings. The molecule has 0 unspecified atom stereocenters. The molecular formula is C19H21N5O5. The molecule has 29 heavy (non-hydrogen) atoms. The number of amides is 4. The van der Waals surface area contributed by atoms with Crippen molar-refractivity contribution in [3.8, 4) is 0 Å². The molecule has 2 aromatic rings. The normalized spacial score (nSPS) is 25.0. The fraction of sp³-hybridized carbons (Fsp3) is 0.474. The van der Waals surface area contributed by atoms with Gasteiger partial charge < -0.3 is 9.63 Å². The van der Waals surface area contributed by atoms with Gasteiger partial charge in [0.2, 0.25) is 5.91 Å². The van der Waals surface area contributed by atoms with Gasteiger partial charge in [-0.2, -0.15) is 0 Å². The number of carboxylic acid groups (broad SMARTS) is 1. The Morgan fingerprint density at radius 3 is 2.69 bits per heavy atom. The van der Waals surface area contributed by atoms with Gasteiger partial charge in [0.15, 0.2) is 11.4 Å². The van der Waals surface area contributed by atoms with E-state index >= 15 is 0 Å². The molecule has 3 saturated heterocycles. The van der Waals surface area contributed by atoms with Crippen LogP contribution in [0.5, 0.6) is 0 Å². The lowest BCUT2D eigenvalue weighted by atomic mass is 10.1. The number of nitrogens with zero attached hydrogens (tertiary/aromatic N) is 4. The average Bonchev–Trinajstić information content (AvgIpc) is 3.20. The average molecular weight is 399 g/mol. The fourth-order valence-electron chi connectivity index (χ4n) is 4.72. The third-order valence-electron chi connectivity index (χ3n) is 6.01. The van der Waals surface area contributed by atoms with E-state index in [0.717, 1.165) is 23.8 Å². The zero-order valence-corrected chi connectivity index (χ0v) is 15.7. The van der Waals surface area contributed by atoms with Crippen LogP contribution in [-0.4, -0.2) is 69.8 Å². The first kappa shape index (κ1) is 17.9. The number of rotatable bonds is 3. The van der Waals surface area contributed by atoms with Crippen molar-refractivity contribution in [2.24, 2.45) is 0 Å². The van der Waals surface area contributed by atoms with Crippen LogP contribution in [0.4, 0.5) is 15.4 Å². The Bertz CT molecular complexity index is 990. The van der Waals surface area contributed by atoms with E-state index in [1.54, 1.807) is 4.90 Å². The molecule has 0 aliphatic carbocycles. The highest BCUT2D eigenvalue weighted by molar-refractivity contribution is 6.08. The predicted octanol–water partition coefficient (Wildman–Crippen LogP) is 1.60. The summed E-state index contributed by atoms with van der Waals surface area (Å²) in [5.41, 5.74) is 1.61. The van der Waals surface area contributed by atoms with Crippen LogP contribution in [0.3, 0.4) is 0 Å². The molecule has 10 heteroatoms. The lowest BCUT2D eigenvalue weighted by molar-refractivity contribution is -0.120. The molecule has 10 nitrogen and oxygen atoms in total. The van der Waals surface area contributed by atoms with Gasteiger partial charge in [-0.3, -0.25) is 24.8 Å². The van der Waals surface area contributed by atoms with Crippen molar-refractivity contribution in [3.63, 3.8) is 0 Å². The third-order valence-corrected chi connectivity index (χ3v) is 6.01. The number of fused-ring (bicyclic) bond motifs is 3. The monoisotopic (exact) mass is 399 g/mol. The minimum atomic E-state index is -0.828. The summed E-state index contributed by atoms with van der Waals surface area (Å²) in [4.78, 5) is 40.3. The number of nitrogens with one attached hydrogen (secondary N) is 1. The standard InChI is InChI=1S/C19H21N5O5/c25-16-5-6-23(18(26)20-16)17-14-7-11(1-4-15(14)29-21-17)8-22-9-12-2-3-13(10-22)24(12)19(27)28/h1,4,7,12-13H,2-3,5-6,8-10H2,(H,27,28)(H,20,25,26)/t12-,13+. The van der Waals surface area contributed by atoms with Crippen LogP contribution in [0.15, 0.2) is 22.7 Å². The number of hydrogen-bond acceptors (Lipinski definition) is 6. The van der Waals surface area contributed by atoms with Crippen LogP contribution < -0.4 is 10.2 Å². The van der Waals surface area contributed by atoms with Gasteiger partial charge in [0.05, 0.1) is 5.39 Å². The minimum Gasteiger partial charge on any atom is -0.465 e. The van der Waals surface area contributed by atoms with E-state index < -0.39 is 12.1 Å². The molecule has 3 aliphatic heterocycles. The fourth-order valence-corrected chi connectivity index (χ4v) is 4.72. The Balaban J connectivity index is 1.36. The first-order valence-electron chi connectivity index (χ1n) is 9.73. The first-order chi connectivity index (χ1) is 14.0. The van der Waals surface area contributed by atoms with E-state index in [4.69, 9.17) is 4.52 Å². The Morgan fingerprint density at radius 1 is 1.24 bits per heavy atom. The van der Waals surface area contributed by atoms with Crippen LogP contribution in [0.2, 0.25) is 0 Å². The molecule has 1 aromatic heterocycles. The van der Waals surface area contributed by atoms with Crippen molar-refractivity contribution < 1.29 is 24.0 Å². The van der Waals surface area contributed by atoms with Crippen LogP contribution in [0.1, 0.15) is 24.8 Å². The molecule has 0 saturated carbocycles. The molecule has 0 spiro atoms. The maximum atomic E-state index is 12.2.